The minimum atomic E-state index is -0.0772. The van der Waals surface area contributed by atoms with Gasteiger partial charge in [-0.25, -0.2) is 5.43 Å². The minimum absolute atomic E-state index is 0.0772. The highest BCUT2D eigenvalue weighted by Crippen LogP contribution is 2.29. The maximum Gasteiger partial charge on any atom is 0.0889 e. The average molecular weight is 407 g/mol. The molecule has 0 aliphatic heterocycles. The van der Waals surface area contributed by atoms with Crippen molar-refractivity contribution in [2.45, 2.75) is 6.04 Å². The first-order valence-corrected chi connectivity index (χ1v) is 6.89. The fourth-order valence-corrected chi connectivity index (χ4v) is 2.73. The molecular weight excluding hydrogens is 395 g/mol. The first-order valence-electron chi connectivity index (χ1n) is 5.02. The molecule has 3 N–H and O–H groups in total. The number of hydrogen-bond acceptors (Lipinski definition) is 3. The second-order valence-corrected chi connectivity index (χ2v) is 5.75. The molecule has 1 unspecified atom stereocenters. The monoisotopic (exact) mass is 406 g/mol. The highest BCUT2D eigenvalue weighted by atomic mass is 127. The summed E-state index contributed by atoms with van der Waals surface area (Å²) >= 11 is 5.84. The van der Waals surface area contributed by atoms with E-state index in [-0.39, 0.29) is 6.04 Å². The van der Waals surface area contributed by atoms with E-state index in [1.807, 2.05) is 29.9 Å². The van der Waals surface area contributed by atoms with Crippen LogP contribution in [0.5, 0.6) is 0 Å². The Morgan fingerprint density at radius 1 is 1.47 bits per heavy atom. The Kier molecular flexibility index (Phi) is 4.18. The highest BCUT2D eigenvalue weighted by Gasteiger charge is 2.18. The number of aryl methyl sites for hydroxylation is 1. The van der Waals surface area contributed by atoms with Crippen LogP contribution in [-0.4, -0.2) is 9.78 Å². The van der Waals surface area contributed by atoms with Crippen LogP contribution in [0.3, 0.4) is 0 Å². The molecule has 0 bridgehead atoms. The fraction of sp³-hybridized carbons (Fsp3) is 0.182. The zero-order valence-corrected chi connectivity index (χ0v) is 12.9. The lowest BCUT2D eigenvalue weighted by molar-refractivity contribution is 0.573. The van der Waals surface area contributed by atoms with Gasteiger partial charge in [-0.2, -0.15) is 5.10 Å². The Morgan fingerprint density at radius 3 is 2.82 bits per heavy atom. The van der Waals surface area contributed by atoms with E-state index in [0.29, 0.717) is 0 Å². The van der Waals surface area contributed by atoms with Gasteiger partial charge in [0, 0.05) is 21.3 Å². The van der Waals surface area contributed by atoms with Crippen molar-refractivity contribution in [2.24, 2.45) is 12.9 Å². The zero-order chi connectivity index (χ0) is 12.4. The quantitative estimate of drug-likeness (QED) is 0.467. The van der Waals surface area contributed by atoms with E-state index in [1.54, 1.807) is 6.20 Å². The van der Waals surface area contributed by atoms with Gasteiger partial charge in [0.25, 0.3) is 0 Å². The molecule has 0 aliphatic carbocycles. The standard InChI is InChI=1S/C11H12BrIN4/c1-17-10(4-5-15-17)11(16-14)8-6-7(13)2-3-9(8)12/h2-6,11,16H,14H2,1H3. The van der Waals surface area contributed by atoms with Crippen molar-refractivity contribution >= 4 is 38.5 Å². The number of rotatable bonds is 3. The molecular formula is C11H12BrIN4. The van der Waals surface area contributed by atoms with E-state index >= 15 is 0 Å². The fourth-order valence-electron chi connectivity index (χ4n) is 1.74. The predicted molar refractivity (Wildman–Crippen MR) is 79.2 cm³/mol. The summed E-state index contributed by atoms with van der Waals surface area (Å²) < 4.78 is 4.02. The van der Waals surface area contributed by atoms with Crippen molar-refractivity contribution in [2.75, 3.05) is 0 Å². The molecule has 6 heteroatoms. The Hall–Kier alpha value is -0.440. The second kappa shape index (κ2) is 5.47. The number of hydrogen-bond donors (Lipinski definition) is 2. The summed E-state index contributed by atoms with van der Waals surface area (Å²) in [4.78, 5) is 0. The molecule has 1 aromatic heterocycles. The number of nitrogens with one attached hydrogen (secondary N) is 1. The Labute approximate surface area is 122 Å². The van der Waals surface area contributed by atoms with Crippen molar-refractivity contribution in [3.05, 3.63) is 49.8 Å². The number of hydrazine groups is 1. The molecule has 0 spiro atoms. The Bertz CT molecular complexity index is 526. The second-order valence-electron chi connectivity index (χ2n) is 3.65. The van der Waals surface area contributed by atoms with Gasteiger partial charge in [-0.3, -0.25) is 10.5 Å². The van der Waals surface area contributed by atoms with Crippen LogP contribution in [0, 0.1) is 3.57 Å². The van der Waals surface area contributed by atoms with Crippen molar-refractivity contribution in [1.29, 1.82) is 0 Å². The van der Waals surface area contributed by atoms with Gasteiger partial charge in [-0.1, -0.05) is 15.9 Å². The summed E-state index contributed by atoms with van der Waals surface area (Å²) in [6, 6.07) is 8.05. The largest absolute Gasteiger partial charge is 0.271 e. The molecule has 0 saturated carbocycles. The van der Waals surface area contributed by atoms with Gasteiger partial charge in [0.2, 0.25) is 0 Å². The van der Waals surface area contributed by atoms with E-state index < -0.39 is 0 Å². The van der Waals surface area contributed by atoms with Crippen LogP contribution in [0.25, 0.3) is 0 Å². The summed E-state index contributed by atoms with van der Waals surface area (Å²) in [5.74, 6) is 5.67. The zero-order valence-electron chi connectivity index (χ0n) is 9.19. The van der Waals surface area contributed by atoms with Gasteiger partial charge < -0.3 is 0 Å². The molecule has 1 aromatic carbocycles. The SMILES string of the molecule is Cn1nccc1C(NN)c1cc(I)ccc1Br. The van der Waals surface area contributed by atoms with E-state index in [4.69, 9.17) is 5.84 Å². The number of halogens is 2. The third-order valence-corrected chi connectivity index (χ3v) is 3.98. The van der Waals surface area contributed by atoms with Crippen molar-refractivity contribution in [3.63, 3.8) is 0 Å². The van der Waals surface area contributed by atoms with E-state index in [1.165, 1.54) is 3.57 Å². The normalized spacial score (nSPS) is 12.7. The first kappa shape index (κ1) is 13.0. The summed E-state index contributed by atoms with van der Waals surface area (Å²) in [7, 11) is 1.90. The molecule has 2 rings (SSSR count). The van der Waals surface area contributed by atoms with Gasteiger partial charge in [0.05, 0.1) is 11.7 Å². The van der Waals surface area contributed by atoms with Crippen LogP contribution in [0.15, 0.2) is 34.9 Å². The molecule has 0 aliphatic rings. The summed E-state index contributed by atoms with van der Waals surface area (Å²) in [6.07, 6.45) is 1.77. The van der Waals surface area contributed by atoms with Crippen LogP contribution in [0.1, 0.15) is 17.3 Å². The molecule has 17 heavy (non-hydrogen) atoms. The molecule has 4 nitrogen and oxygen atoms in total. The van der Waals surface area contributed by atoms with Gasteiger partial charge in [-0.15, -0.1) is 0 Å². The maximum atomic E-state index is 5.67. The number of aromatic nitrogens is 2. The number of benzene rings is 1. The molecule has 1 atom stereocenters. The van der Waals surface area contributed by atoms with Crippen molar-refractivity contribution < 1.29 is 0 Å². The van der Waals surface area contributed by atoms with Crippen LogP contribution in [-0.2, 0) is 7.05 Å². The van der Waals surface area contributed by atoms with Crippen LogP contribution in [0.4, 0.5) is 0 Å². The molecule has 0 amide bonds. The Morgan fingerprint density at radius 2 is 2.24 bits per heavy atom. The third kappa shape index (κ3) is 2.70. The maximum absolute atomic E-state index is 5.67. The lowest BCUT2D eigenvalue weighted by Gasteiger charge is -2.18. The van der Waals surface area contributed by atoms with Gasteiger partial charge in [-0.05, 0) is 52.4 Å². The summed E-state index contributed by atoms with van der Waals surface area (Å²) in [5, 5.41) is 4.17. The summed E-state index contributed by atoms with van der Waals surface area (Å²) in [6.45, 7) is 0. The van der Waals surface area contributed by atoms with Crippen LogP contribution in [0.2, 0.25) is 0 Å². The van der Waals surface area contributed by atoms with Gasteiger partial charge in [0.1, 0.15) is 0 Å². The molecule has 1 heterocycles. The van der Waals surface area contributed by atoms with Crippen LogP contribution < -0.4 is 11.3 Å². The topological polar surface area (TPSA) is 55.9 Å². The lowest BCUT2D eigenvalue weighted by atomic mass is 10.0. The number of nitrogens with two attached hydrogens (primary N) is 1. The average Bonchev–Trinajstić information content (AvgIpc) is 2.71. The van der Waals surface area contributed by atoms with E-state index in [0.717, 1.165) is 15.7 Å². The lowest BCUT2D eigenvalue weighted by Crippen LogP contribution is -2.30. The predicted octanol–water partition coefficient (Wildman–Crippen LogP) is 2.34. The van der Waals surface area contributed by atoms with E-state index in [9.17, 15) is 0 Å². The Balaban J connectivity index is 2.49. The molecule has 2 aromatic rings. The highest BCUT2D eigenvalue weighted by molar-refractivity contribution is 14.1. The molecule has 0 fully saturated rings. The molecule has 90 valence electrons. The molecule has 0 radical (unpaired) electrons. The van der Waals surface area contributed by atoms with E-state index in [2.05, 4.69) is 55.1 Å². The van der Waals surface area contributed by atoms with Crippen molar-refractivity contribution in [1.82, 2.24) is 15.2 Å². The number of nitrogens with zero attached hydrogens (tertiary/aromatic N) is 2. The minimum Gasteiger partial charge on any atom is -0.271 e. The first-order chi connectivity index (χ1) is 8.13. The molecule has 0 saturated heterocycles. The van der Waals surface area contributed by atoms with Crippen molar-refractivity contribution in [3.8, 4) is 0 Å². The smallest absolute Gasteiger partial charge is 0.0889 e. The third-order valence-electron chi connectivity index (χ3n) is 2.59. The van der Waals surface area contributed by atoms with Crippen LogP contribution >= 0.6 is 38.5 Å². The summed E-state index contributed by atoms with van der Waals surface area (Å²) in [5.41, 5.74) is 4.96. The van der Waals surface area contributed by atoms with Gasteiger partial charge >= 0.3 is 0 Å². The van der Waals surface area contributed by atoms with Gasteiger partial charge in [0.15, 0.2) is 0 Å².